The number of nitrogen functional groups attached to an aromatic ring is 1. The van der Waals surface area contributed by atoms with Crippen LogP contribution in [-0.4, -0.2) is 11.7 Å². The number of hydrogen-bond donors (Lipinski definition) is 2. The van der Waals surface area contributed by atoms with Crippen LogP contribution in [0.4, 0.5) is 5.69 Å². The van der Waals surface area contributed by atoms with Gasteiger partial charge in [-0.3, -0.25) is 0 Å². The van der Waals surface area contributed by atoms with Crippen molar-refractivity contribution >= 4 is 5.69 Å². The van der Waals surface area contributed by atoms with Crippen molar-refractivity contribution in [2.75, 3.05) is 12.3 Å². The van der Waals surface area contributed by atoms with Gasteiger partial charge in [0, 0.05) is 12.3 Å². The second kappa shape index (κ2) is 4.12. The van der Waals surface area contributed by atoms with Crippen molar-refractivity contribution in [3.8, 4) is 0 Å². The van der Waals surface area contributed by atoms with Crippen LogP contribution in [0.15, 0.2) is 18.2 Å². The van der Waals surface area contributed by atoms with E-state index in [1.807, 2.05) is 12.1 Å². The second-order valence-corrected chi connectivity index (χ2v) is 2.86. The zero-order valence-corrected chi connectivity index (χ0v) is 7.38. The number of aryl methyl sites for hydroxylation is 1. The van der Waals surface area contributed by atoms with E-state index in [9.17, 15) is 0 Å². The van der Waals surface area contributed by atoms with Crippen LogP contribution in [0.1, 0.15) is 18.1 Å². The number of nitrogens with two attached hydrogens (primary N) is 1. The molecule has 0 saturated heterocycles. The van der Waals surface area contributed by atoms with Crippen LogP contribution in [0.25, 0.3) is 0 Å². The summed E-state index contributed by atoms with van der Waals surface area (Å²) in [6.45, 7) is 2.27. The molecule has 66 valence electrons. The Morgan fingerprint density at radius 1 is 1.42 bits per heavy atom. The first-order chi connectivity index (χ1) is 5.77. The molecule has 12 heavy (non-hydrogen) atoms. The quantitative estimate of drug-likeness (QED) is 0.664. The molecule has 0 aliphatic rings. The highest BCUT2D eigenvalue weighted by Gasteiger charge is 1.98. The predicted octanol–water partition coefficient (Wildman–Crippen LogP) is 1.37. The summed E-state index contributed by atoms with van der Waals surface area (Å²) in [7, 11) is 0. The minimum Gasteiger partial charge on any atom is -0.399 e. The molecule has 1 aromatic rings. The summed E-state index contributed by atoms with van der Waals surface area (Å²) in [4.78, 5) is 0. The number of hydrogen-bond acceptors (Lipinski definition) is 2. The first-order valence-electron chi connectivity index (χ1n) is 4.26. The van der Waals surface area contributed by atoms with Gasteiger partial charge < -0.3 is 10.8 Å². The van der Waals surface area contributed by atoms with Crippen molar-refractivity contribution in [3.05, 3.63) is 29.3 Å². The van der Waals surface area contributed by atoms with Crippen molar-refractivity contribution in [1.29, 1.82) is 0 Å². The van der Waals surface area contributed by atoms with Crippen molar-refractivity contribution in [2.24, 2.45) is 0 Å². The molecule has 0 spiro atoms. The average molecular weight is 165 g/mol. The Bertz CT molecular complexity index is 258. The van der Waals surface area contributed by atoms with Gasteiger partial charge >= 0.3 is 0 Å². The molecule has 0 bridgehead atoms. The topological polar surface area (TPSA) is 46.2 Å². The van der Waals surface area contributed by atoms with E-state index in [0.717, 1.165) is 17.7 Å². The smallest absolute Gasteiger partial charge is 0.0472 e. The van der Waals surface area contributed by atoms with Gasteiger partial charge in [-0.1, -0.05) is 19.1 Å². The maximum Gasteiger partial charge on any atom is 0.0472 e. The Balaban J connectivity index is 2.91. The fraction of sp³-hybridized carbons (Fsp3) is 0.400. The van der Waals surface area contributed by atoms with E-state index in [1.165, 1.54) is 5.56 Å². The van der Waals surface area contributed by atoms with Gasteiger partial charge in [-0.15, -0.1) is 0 Å². The van der Waals surface area contributed by atoms with E-state index in [4.69, 9.17) is 10.8 Å². The molecule has 0 aliphatic carbocycles. The Morgan fingerprint density at radius 3 is 2.75 bits per heavy atom. The van der Waals surface area contributed by atoms with E-state index in [2.05, 4.69) is 13.0 Å². The molecule has 0 aromatic heterocycles. The number of rotatable bonds is 3. The zero-order valence-electron chi connectivity index (χ0n) is 7.38. The van der Waals surface area contributed by atoms with Crippen LogP contribution >= 0.6 is 0 Å². The highest BCUT2D eigenvalue weighted by Crippen LogP contribution is 2.14. The molecule has 0 heterocycles. The van der Waals surface area contributed by atoms with Gasteiger partial charge in [0.15, 0.2) is 0 Å². The Hall–Kier alpha value is -1.02. The van der Waals surface area contributed by atoms with Gasteiger partial charge in [0.25, 0.3) is 0 Å². The fourth-order valence-corrected chi connectivity index (χ4v) is 1.22. The Kier molecular flexibility index (Phi) is 3.11. The molecule has 2 nitrogen and oxygen atoms in total. The zero-order chi connectivity index (χ0) is 8.97. The lowest BCUT2D eigenvalue weighted by atomic mass is 10.0. The fourth-order valence-electron chi connectivity index (χ4n) is 1.22. The van der Waals surface area contributed by atoms with Crippen LogP contribution in [0.3, 0.4) is 0 Å². The standard InChI is InChI=1S/C10H15NO/c1-2-8-3-4-10(11)9(7-8)5-6-12/h3-4,7,12H,2,5-6,11H2,1H3. The van der Waals surface area contributed by atoms with Gasteiger partial charge in [0.05, 0.1) is 0 Å². The summed E-state index contributed by atoms with van der Waals surface area (Å²) in [5.41, 5.74) is 8.82. The highest BCUT2D eigenvalue weighted by atomic mass is 16.2. The molecule has 0 fully saturated rings. The Labute approximate surface area is 73.0 Å². The summed E-state index contributed by atoms with van der Waals surface area (Å²) >= 11 is 0. The van der Waals surface area contributed by atoms with Gasteiger partial charge in [0.2, 0.25) is 0 Å². The lowest BCUT2D eigenvalue weighted by Gasteiger charge is -2.05. The molecule has 0 amide bonds. The molecule has 0 atom stereocenters. The van der Waals surface area contributed by atoms with Crippen molar-refractivity contribution in [2.45, 2.75) is 19.8 Å². The Morgan fingerprint density at radius 2 is 2.17 bits per heavy atom. The van der Waals surface area contributed by atoms with Crippen LogP contribution in [-0.2, 0) is 12.8 Å². The SMILES string of the molecule is CCc1ccc(N)c(CCO)c1. The minimum absolute atomic E-state index is 0.164. The van der Waals surface area contributed by atoms with E-state index in [0.29, 0.717) is 6.42 Å². The number of aliphatic hydroxyl groups is 1. The predicted molar refractivity (Wildman–Crippen MR) is 51.0 cm³/mol. The molecule has 0 aliphatic heterocycles. The minimum atomic E-state index is 0.164. The molecule has 0 saturated carbocycles. The number of benzene rings is 1. The van der Waals surface area contributed by atoms with E-state index < -0.39 is 0 Å². The molecule has 1 rings (SSSR count). The first kappa shape index (κ1) is 9.07. The normalized spacial score (nSPS) is 10.2. The molecular weight excluding hydrogens is 150 g/mol. The van der Waals surface area contributed by atoms with Crippen LogP contribution in [0.5, 0.6) is 0 Å². The summed E-state index contributed by atoms with van der Waals surface area (Å²) in [6.07, 6.45) is 1.67. The number of aliphatic hydroxyl groups excluding tert-OH is 1. The van der Waals surface area contributed by atoms with E-state index in [1.54, 1.807) is 0 Å². The molecule has 0 radical (unpaired) electrons. The molecule has 1 aromatic carbocycles. The van der Waals surface area contributed by atoms with Gasteiger partial charge in [-0.25, -0.2) is 0 Å². The van der Waals surface area contributed by atoms with Crippen molar-refractivity contribution in [3.63, 3.8) is 0 Å². The van der Waals surface area contributed by atoms with Crippen molar-refractivity contribution in [1.82, 2.24) is 0 Å². The highest BCUT2D eigenvalue weighted by molar-refractivity contribution is 5.48. The van der Waals surface area contributed by atoms with Gasteiger partial charge in [0.1, 0.15) is 0 Å². The molecule has 0 unspecified atom stereocenters. The third-order valence-corrected chi connectivity index (χ3v) is 2.00. The average Bonchev–Trinajstić information content (AvgIpc) is 2.09. The van der Waals surface area contributed by atoms with Gasteiger partial charge in [-0.05, 0) is 30.0 Å². The van der Waals surface area contributed by atoms with Crippen molar-refractivity contribution < 1.29 is 5.11 Å². The summed E-state index contributed by atoms with van der Waals surface area (Å²) in [6, 6.07) is 5.99. The molecule has 3 N–H and O–H groups in total. The largest absolute Gasteiger partial charge is 0.399 e. The molecular formula is C10H15NO. The first-order valence-corrected chi connectivity index (χ1v) is 4.26. The van der Waals surface area contributed by atoms with Gasteiger partial charge in [-0.2, -0.15) is 0 Å². The lowest BCUT2D eigenvalue weighted by Crippen LogP contribution is -1.98. The lowest BCUT2D eigenvalue weighted by molar-refractivity contribution is 0.300. The second-order valence-electron chi connectivity index (χ2n) is 2.86. The number of anilines is 1. The maximum absolute atomic E-state index is 8.75. The molecule has 2 heteroatoms. The summed E-state index contributed by atoms with van der Waals surface area (Å²) in [5.74, 6) is 0. The maximum atomic E-state index is 8.75. The third kappa shape index (κ3) is 1.98. The van der Waals surface area contributed by atoms with E-state index in [-0.39, 0.29) is 6.61 Å². The van der Waals surface area contributed by atoms with Crippen LogP contribution in [0.2, 0.25) is 0 Å². The third-order valence-electron chi connectivity index (χ3n) is 2.00. The summed E-state index contributed by atoms with van der Waals surface area (Å²) < 4.78 is 0. The van der Waals surface area contributed by atoms with Crippen LogP contribution in [0, 0.1) is 0 Å². The van der Waals surface area contributed by atoms with E-state index >= 15 is 0 Å². The monoisotopic (exact) mass is 165 g/mol. The summed E-state index contributed by atoms with van der Waals surface area (Å²) in [5, 5.41) is 8.75. The van der Waals surface area contributed by atoms with Crippen LogP contribution < -0.4 is 5.73 Å².